The number of benzene rings is 2. The molecule has 11 heteroatoms. The highest BCUT2D eigenvalue weighted by Crippen LogP contribution is 2.37. The van der Waals surface area contributed by atoms with Gasteiger partial charge in [-0.15, -0.1) is 0 Å². The molecule has 1 heterocycles. The van der Waals surface area contributed by atoms with Crippen LogP contribution in [-0.2, 0) is 6.42 Å². The van der Waals surface area contributed by atoms with Crippen LogP contribution in [0.1, 0.15) is 21.5 Å². The Balaban J connectivity index is 1.95. The highest BCUT2D eigenvalue weighted by molar-refractivity contribution is 6.35. The molecule has 0 saturated carbocycles. The van der Waals surface area contributed by atoms with E-state index in [9.17, 15) is 27.2 Å². The van der Waals surface area contributed by atoms with Gasteiger partial charge in [-0.1, -0.05) is 35.3 Å². The number of ketones is 1. The second-order valence-corrected chi connectivity index (χ2v) is 7.55. The number of allylic oxidation sites excluding steroid dienone is 2. The summed E-state index contributed by atoms with van der Waals surface area (Å²) in [5.41, 5.74) is -0.208. The average Bonchev–Trinajstić information content (AvgIpc) is 3.12. The number of fused-ring (bicyclic) bond motifs is 1. The van der Waals surface area contributed by atoms with Crippen LogP contribution in [0.2, 0.25) is 10.0 Å². The molecule has 0 saturated heterocycles. The zero-order chi connectivity index (χ0) is 23.6. The molecule has 32 heavy (non-hydrogen) atoms. The number of halogens is 6. The van der Waals surface area contributed by atoms with Crippen molar-refractivity contribution in [3.63, 3.8) is 0 Å². The van der Waals surface area contributed by atoms with E-state index in [0.717, 1.165) is 18.2 Å². The zero-order valence-corrected chi connectivity index (χ0v) is 17.5. The van der Waals surface area contributed by atoms with Gasteiger partial charge in [-0.05, 0) is 41.8 Å². The largest absolute Gasteiger partial charge is 0.465 e. The van der Waals surface area contributed by atoms with Gasteiger partial charge in [0.2, 0.25) is 0 Å². The molecule has 3 N–H and O–H groups in total. The van der Waals surface area contributed by atoms with Crippen molar-refractivity contribution in [2.75, 3.05) is 6.54 Å². The lowest BCUT2D eigenvalue weighted by molar-refractivity contribution is -0.0690. The number of aromatic nitrogens is 1. The molecule has 2 aromatic carbocycles. The first kappa shape index (κ1) is 23.6. The number of carbonyl (C=O) groups excluding carboxylic acids is 1. The summed E-state index contributed by atoms with van der Waals surface area (Å²) in [4.78, 5) is 25.7. The predicted molar refractivity (Wildman–Crippen MR) is 113 cm³/mol. The standard InChI is InChI=1S/C21H14Cl2F4N2O3/c22-15-6-11(7-16(23)19(15)24)14(21(25,26)27)3-1-10-2-4-17-12(5-10)13(8-28-17)18(30)9-29-20(31)32/h2-8,28-29H,1,9H2,(H,31,32). The molecular weight excluding hydrogens is 475 g/mol. The lowest BCUT2D eigenvalue weighted by Gasteiger charge is -2.14. The second-order valence-electron chi connectivity index (χ2n) is 6.74. The van der Waals surface area contributed by atoms with E-state index in [4.69, 9.17) is 28.3 Å². The molecule has 1 aromatic heterocycles. The van der Waals surface area contributed by atoms with Gasteiger partial charge in [0.15, 0.2) is 11.6 Å². The molecule has 0 fully saturated rings. The van der Waals surface area contributed by atoms with Crippen molar-refractivity contribution >= 4 is 51.6 Å². The van der Waals surface area contributed by atoms with E-state index in [1.54, 1.807) is 12.1 Å². The average molecular weight is 489 g/mol. The van der Waals surface area contributed by atoms with Crippen LogP contribution in [0.3, 0.4) is 0 Å². The van der Waals surface area contributed by atoms with Crippen LogP contribution in [0.25, 0.3) is 16.5 Å². The Morgan fingerprint density at radius 3 is 2.38 bits per heavy atom. The van der Waals surface area contributed by atoms with Gasteiger partial charge < -0.3 is 15.4 Å². The van der Waals surface area contributed by atoms with Crippen LogP contribution in [0.5, 0.6) is 0 Å². The summed E-state index contributed by atoms with van der Waals surface area (Å²) in [6.07, 6.45) is -3.96. The number of nitrogens with one attached hydrogen (secondary N) is 2. The number of hydrogen-bond donors (Lipinski definition) is 3. The first-order valence-corrected chi connectivity index (χ1v) is 9.75. The van der Waals surface area contributed by atoms with Crippen molar-refractivity contribution < 1.29 is 32.3 Å². The molecule has 0 bridgehead atoms. The number of Topliss-reactive ketones (excluding diaryl/α,β-unsaturated/α-hetero) is 1. The number of amides is 1. The molecule has 3 rings (SSSR count). The van der Waals surface area contributed by atoms with Crippen LogP contribution in [0, 0.1) is 5.82 Å². The Morgan fingerprint density at radius 1 is 1.12 bits per heavy atom. The minimum Gasteiger partial charge on any atom is -0.465 e. The third-order valence-electron chi connectivity index (χ3n) is 4.59. The Morgan fingerprint density at radius 2 is 1.78 bits per heavy atom. The van der Waals surface area contributed by atoms with Gasteiger partial charge in [-0.2, -0.15) is 13.2 Å². The third kappa shape index (κ3) is 5.23. The topological polar surface area (TPSA) is 82.2 Å². The van der Waals surface area contributed by atoms with E-state index in [0.29, 0.717) is 16.5 Å². The summed E-state index contributed by atoms with van der Waals surface area (Å²) < 4.78 is 54.5. The summed E-state index contributed by atoms with van der Waals surface area (Å²) in [5.74, 6) is -1.51. The predicted octanol–water partition coefficient (Wildman–Crippen LogP) is 6.25. The molecular formula is C21H14Cl2F4N2O3. The molecule has 0 aliphatic carbocycles. The maximum absolute atomic E-state index is 13.6. The van der Waals surface area contributed by atoms with Crippen molar-refractivity contribution in [2.45, 2.75) is 12.6 Å². The number of H-pyrrole nitrogens is 1. The van der Waals surface area contributed by atoms with Crippen molar-refractivity contribution in [3.8, 4) is 0 Å². The molecule has 5 nitrogen and oxygen atoms in total. The van der Waals surface area contributed by atoms with Gasteiger partial charge in [0.05, 0.1) is 22.2 Å². The van der Waals surface area contributed by atoms with E-state index in [1.807, 2.05) is 5.32 Å². The minimum absolute atomic E-state index is 0.163. The van der Waals surface area contributed by atoms with Crippen LogP contribution in [0.4, 0.5) is 22.4 Å². The SMILES string of the molecule is O=C(O)NCC(=O)c1c[nH]c2ccc(CC=C(c3cc(Cl)c(F)c(Cl)c3)C(F)(F)F)cc12. The van der Waals surface area contributed by atoms with E-state index >= 15 is 0 Å². The molecule has 1 amide bonds. The summed E-state index contributed by atoms with van der Waals surface area (Å²) >= 11 is 11.3. The monoisotopic (exact) mass is 488 g/mol. The van der Waals surface area contributed by atoms with Gasteiger partial charge in [0.1, 0.15) is 0 Å². The highest BCUT2D eigenvalue weighted by atomic mass is 35.5. The molecule has 0 aliphatic heterocycles. The fourth-order valence-corrected chi connectivity index (χ4v) is 3.59. The molecule has 0 unspecified atom stereocenters. The summed E-state index contributed by atoms with van der Waals surface area (Å²) in [5, 5.41) is 9.99. The number of hydrogen-bond acceptors (Lipinski definition) is 2. The highest BCUT2D eigenvalue weighted by Gasteiger charge is 2.35. The molecule has 0 aliphatic rings. The maximum Gasteiger partial charge on any atom is 0.416 e. The number of alkyl halides is 3. The number of carboxylic acid groups (broad SMARTS) is 1. The molecule has 3 aromatic rings. The fraction of sp³-hybridized carbons (Fsp3) is 0.143. The number of aromatic amines is 1. The zero-order valence-electron chi connectivity index (χ0n) is 16.0. The third-order valence-corrected chi connectivity index (χ3v) is 5.14. The van der Waals surface area contributed by atoms with Gasteiger partial charge in [0, 0.05) is 22.7 Å². The van der Waals surface area contributed by atoms with E-state index < -0.39 is 46.0 Å². The molecule has 0 radical (unpaired) electrons. The lowest BCUT2D eigenvalue weighted by atomic mass is 10.0. The van der Waals surface area contributed by atoms with E-state index in [1.165, 1.54) is 12.3 Å². The van der Waals surface area contributed by atoms with Gasteiger partial charge >= 0.3 is 12.3 Å². The van der Waals surface area contributed by atoms with Gasteiger partial charge in [-0.25, -0.2) is 9.18 Å². The summed E-state index contributed by atoms with van der Waals surface area (Å²) in [6.45, 7) is -0.448. The van der Waals surface area contributed by atoms with E-state index in [2.05, 4.69) is 4.98 Å². The van der Waals surface area contributed by atoms with Gasteiger partial charge in [-0.3, -0.25) is 4.79 Å². The first-order chi connectivity index (χ1) is 15.0. The summed E-state index contributed by atoms with van der Waals surface area (Å²) in [7, 11) is 0. The van der Waals surface area contributed by atoms with Crippen molar-refractivity contribution in [1.29, 1.82) is 0 Å². The van der Waals surface area contributed by atoms with E-state index in [-0.39, 0.29) is 17.5 Å². The number of rotatable bonds is 6. The van der Waals surface area contributed by atoms with Gasteiger partial charge in [0.25, 0.3) is 0 Å². The second kappa shape index (κ2) is 9.22. The number of carbonyl (C=O) groups is 2. The smallest absolute Gasteiger partial charge is 0.416 e. The van der Waals surface area contributed by atoms with Crippen LogP contribution < -0.4 is 5.32 Å². The first-order valence-electron chi connectivity index (χ1n) is 8.99. The van der Waals surface area contributed by atoms with Crippen LogP contribution in [0.15, 0.2) is 42.6 Å². The van der Waals surface area contributed by atoms with Crippen LogP contribution in [-0.4, -0.2) is 34.7 Å². The normalized spacial score (nSPS) is 12.2. The molecule has 0 spiro atoms. The maximum atomic E-state index is 13.6. The fourth-order valence-electron chi connectivity index (χ4n) is 3.10. The van der Waals surface area contributed by atoms with Crippen LogP contribution >= 0.6 is 23.2 Å². The quantitative estimate of drug-likeness (QED) is 0.218. The molecule has 0 atom stereocenters. The molecule has 168 valence electrons. The Kier molecular flexibility index (Phi) is 6.80. The Labute approximate surface area is 188 Å². The van der Waals surface area contributed by atoms with Crippen molar-refractivity contribution in [2.24, 2.45) is 0 Å². The van der Waals surface area contributed by atoms with Crippen molar-refractivity contribution in [3.05, 3.63) is 75.2 Å². The lowest BCUT2D eigenvalue weighted by Crippen LogP contribution is -2.27. The van der Waals surface area contributed by atoms with Crippen molar-refractivity contribution in [1.82, 2.24) is 10.3 Å². The summed E-state index contributed by atoms with van der Waals surface area (Å²) in [6, 6.07) is 6.42. The minimum atomic E-state index is -4.76. The Bertz CT molecular complexity index is 1210. The Hall–Kier alpha value is -3.04.